The summed E-state index contributed by atoms with van der Waals surface area (Å²) in [7, 11) is 0. The number of alkyl halides is 3. The van der Waals surface area contributed by atoms with Gasteiger partial charge in [-0.25, -0.2) is 0 Å². The van der Waals surface area contributed by atoms with Gasteiger partial charge in [0.1, 0.15) is 17.1 Å². The molecule has 4 rings (SSSR count). The second-order valence-corrected chi connectivity index (χ2v) is 8.94. The van der Waals surface area contributed by atoms with Gasteiger partial charge in [-0.2, -0.15) is 13.2 Å². The number of fused-ring (bicyclic) bond motifs is 1. The molecule has 0 aliphatic carbocycles. The maximum absolute atomic E-state index is 14.0. The largest absolute Gasteiger partial charge is 0.507 e. The molecule has 0 unspecified atom stereocenters. The summed E-state index contributed by atoms with van der Waals surface area (Å²) in [5, 5.41) is 10.4. The lowest BCUT2D eigenvalue weighted by molar-refractivity contribution is -0.154. The van der Waals surface area contributed by atoms with E-state index < -0.39 is 23.1 Å². The molecule has 2 aromatic carbocycles. The van der Waals surface area contributed by atoms with Gasteiger partial charge in [0.2, 0.25) is 11.2 Å². The monoisotopic (exact) mass is 461 g/mol. The van der Waals surface area contributed by atoms with Crippen LogP contribution in [-0.4, -0.2) is 23.1 Å². The first kappa shape index (κ1) is 23.2. The van der Waals surface area contributed by atoms with Crippen molar-refractivity contribution in [3.8, 4) is 17.2 Å². The Kier molecular flexibility index (Phi) is 6.14. The summed E-state index contributed by atoms with van der Waals surface area (Å²) in [6, 6.07) is 7.53. The fourth-order valence-electron chi connectivity index (χ4n) is 4.48. The van der Waals surface area contributed by atoms with Crippen LogP contribution in [0.4, 0.5) is 13.2 Å². The minimum Gasteiger partial charge on any atom is -0.507 e. The maximum atomic E-state index is 14.0. The molecular formula is C25H26F3NO4. The molecule has 8 heteroatoms. The van der Waals surface area contributed by atoms with Crippen LogP contribution >= 0.6 is 0 Å². The summed E-state index contributed by atoms with van der Waals surface area (Å²) < 4.78 is 52.7. The molecule has 3 aromatic rings. The zero-order valence-electron chi connectivity index (χ0n) is 18.8. The zero-order chi connectivity index (χ0) is 23.9. The zero-order valence-corrected chi connectivity index (χ0v) is 18.8. The molecule has 1 atom stereocenters. The quantitative estimate of drug-likeness (QED) is 0.504. The topological polar surface area (TPSA) is 62.9 Å². The van der Waals surface area contributed by atoms with Crippen LogP contribution in [0.1, 0.15) is 42.2 Å². The Labute approximate surface area is 189 Å². The van der Waals surface area contributed by atoms with Gasteiger partial charge in [0.05, 0.1) is 10.9 Å². The number of aryl methyl sites for hydroxylation is 2. The number of piperidine rings is 1. The lowest BCUT2D eigenvalue weighted by atomic mass is 9.99. The van der Waals surface area contributed by atoms with Crippen LogP contribution in [0, 0.1) is 19.8 Å². The van der Waals surface area contributed by atoms with E-state index in [-0.39, 0.29) is 34.6 Å². The van der Waals surface area contributed by atoms with E-state index >= 15 is 0 Å². The number of halogens is 3. The van der Waals surface area contributed by atoms with Gasteiger partial charge in [-0.1, -0.05) is 13.0 Å². The van der Waals surface area contributed by atoms with Crippen molar-refractivity contribution in [2.75, 3.05) is 13.1 Å². The van der Waals surface area contributed by atoms with Crippen molar-refractivity contribution in [2.24, 2.45) is 5.92 Å². The van der Waals surface area contributed by atoms with E-state index in [4.69, 9.17) is 9.15 Å². The number of hydrogen-bond acceptors (Lipinski definition) is 5. The van der Waals surface area contributed by atoms with E-state index in [2.05, 4.69) is 11.8 Å². The molecule has 1 N–H and O–H groups in total. The summed E-state index contributed by atoms with van der Waals surface area (Å²) in [4.78, 5) is 15.2. The third-order valence-electron chi connectivity index (χ3n) is 5.89. The first-order chi connectivity index (χ1) is 15.5. The molecule has 1 saturated heterocycles. The number of aromatic hydroxyl groups is 1. The van der Waals surface area contributed by atoms with E-state index in [9.17, 15) is 23.1 Å². The molecule has 0 bridgehead atoms. The second kappa shape index (κ2) is 8.74. The van der Waals surface area contributed by atoms with E-state index in [0.717, 1.165) is 37.1 Å². The Morgan fingerprint density at radius 1 is 1.18 bits per heavy atom. The molecule has 0 radical (unpaired) electrons. The lowest BCUT2D eigenvalue weighted by Gasteiger charge is -2.31. The predicted molar refractivity (Wildman–Crippen MR) is 119 cm³/mol. The molecule has 2 heterocycles. The summed E-state index contributed by atoms with van der Waals surface area (Å²) in [5.74, 6) is -2.08. The Morgan fingerprint density at radius 2 is 1.88 bits per heavy atom. The van der Waals surface area contributed by atoms with Gasteiger partial charge in [-0.05, 0) is 74.5 Å². The van der Waals surface area contributed by atoms with Gasteiger partial charge in [0.15, 0.2) is 0 Å². The average Bonchev–Trinajstić information content (AvgIpc) is 2.70. The number of benzene rings is 2. The van der Waals surface area contributed by atoms with Gasteiger partial charge in [0.25, 0.3) is 5.76 Å². The van der Waals surface area contributed by atoms with Gasteiger partial charge in [-0.15, -0.1) is 0 Å². The highest BCUT2D eigenvalue weighted by Gasteiger charge is 2.41. The molecule has 1 aliphatic heterocycles. The van der Waals surface area contributed by atoms with Crippen molar-refractivity contribution in [3.05, 3.63) is 63.0 Å². The molecule has 5 nitrogen and oxygen atoms in total. The summed E-state index contributed by atoms with van der Waals surface area (Å²) in [5.41, 5.74) is 0.537. The van der Waals surface area contributed by atoms with Crippen molar-refractivity contribution in [1.82, 2.24) is 4.90 Å². The highest BCUT2D eigenvalue weighted by molar-refractivity contribution is 5.83. The van der Waals surface area contributed by atoms with Gasteiger partial charge < -0.3 is 14.3 Å². The Balaban J connectivity index is 1.87. The highest BCUT2D eigenvalue weighted by atomic mass is 19.4. The lowest BCUT2D eigenvalue weighted by Crippen LogP contribution is -2.33. The van der Waals surface area contributed by atoms with Crippen LogP contribution in [0.15, 0.2) is 39.5 Å². The molecule has 0 spiro atoms. The van der Waals surface area contributed by atoms with E-state index in [1.54, 1.807) is 26.0 Å². The van der Waals surface area contributed by atoms with Crippen LogP contribution in [-0.2, 0) is 12.7 Å². The Hall–Kier alpha value is -3.00. The van der Waals surface area contributed by atoms with Gasteiger partial charge in [0, 0.05) is 13.1 Å². The number of rotatable bonds is 4. The van der Waals surface area contributed by atoms with E-state index in [1.165, 1.54) is 12.1 Å². The first-order valence-corrected chi connectivity index (χ1v) is 10.9. The SMILES string of the molecule is Cc1cc(C)cc(Oc2c(C(F)(F)F)oc3c(CN4CCC[C@@H](C)C4)c(O)ccc3c2=O)c1. The molecule has 33 heavy (non-hydrogen) atoms. The molecule has 1 fully saturated rings. The fraction of sp³-hybridized carbons (Fsp3) is 0.400. The van der Waals surface area contributed by atoms with Crippen LogP contribution in [0.25, 0.3) is 11.0 Å². The fourth-order valence-corrected chi connectivity index (χ4v) is 4.48. The Bertz CT molecular complexity index is 1230. The molecule has 1 aliphatic rings. The Morgan fingerprint density at radius 3 is 2.52 bits per heavy atom. The molecular weight excluding hydrogens is 435 g/mol. The molecule has 0 saturated carbocycles. The number of phenols is 1. The van der Waals surface area contributed by atoms with E-state index in [1.807, 2.05) is 6.07 Å². The van der Waals surface area contributed by atoms with Crippen molar-refractivity contribution >= 4 is 11.0 Å². The number of phenolic OH excluding ortho intramolecular Hbond substituents is 1. The van der Waals surface area contributed by atoms with Gasteiger partial charge in [-0.3, -0.25) is 9.69 Å². The number of likely N-dealkylation sites (tertiary alicyclic amines) is 1. The summed E-state index contributed by atoms with van der Waals surface area (Å²) in [6.07, 6.45) is -2.94. The van der Waals surface area contributed by atoms with Crippen LogP contribution < -0.4 is 10.2 Å². The van der Waals surface area contributed by atoms with Crippen LogP contribution in [0.2, 0.25) is 0 Å². The minimum absolute atomic E-state index is 0.0692. The number of ether oxygens (including phenoxy) is 1. The predicted octanol–water partition coefficient (Wildman–Crippen LogP) is 6.16. The van der Waals surface area contributed by atoms with Crippen molar-refractivity contribution in [3.63, 3.8) is 0 Å². The average molecular weight is 461 g/mol. The molecule has 0 amide bonds. The maximum Gasteiger partial charge on any atom is 0.453 e. The van der Waals surface area contributed by atoms with Crippen molar-refractivity contribution < 1.29 is 27.4 Å². The summed E-state index contributed by atoms with van der Waals surface area (Å²) in [6.45, 7) is 7.36. The number of hydrogen-bond donors (Lipinski definition) is 1. The summed E-state index contributed by atoms with van der Waals surface area (Å²) >= 11 is 0. The van der Waals surface area contributed by atoms with Crippen molar-refractivity contribution in [1.29, 1.82) is 0 Å². The molecule has 1 aromatic heterocycles. The van der Waals surface area contributed by atoms with Crippen molar-refractivity contribution in [2.45, 2.75) is 46.3 Å². The second-order valence-electron chi connectivity index (χ2n) is 8.94. The van der Waals surface area contributed by atoms with Crippen LogP contribution in [0.5, 0.6) is 17.2 Å². The third kappa shape index (κ3) is 4.85. The molecule has 176 valence electrons. The minimum atomic E-state index is -4.97. The highest BCUT2D eigenvalue weighted by Crippen LogP contribution is 2.40. The number of nitrogens with zero attached hydrogens (tertiary/aromatic N) is 1. The smallest absolute Gasteiger partial charge is 0.453 e. The normalized spacial score (nSPS) is 17.5. The van der Waals surface area contributed by atoms with E-state index in [0.29, 0.717) is 5.92 Å². The first-order valence-electron chi connectivity index (χ1n) is 10.9. The van der Waals surface area contributed by atoms with Gasteiger partial charge >= 0.3 is 6.18 Å². The third-order valence-corrected chi connectivity index (χ3v) is 5.89. The standard InChI is InChI=1S/C25H26F3NO4/c1-14-5-4-8-29(12-14)13-19-20(30)7-6-18-21(31)23(24(25(26,27)28)33-22(18)19)32-17-10-15(2)9-16(3)11-17/h6-7,9-11,14,30H,4-5,8,12-13H2,1-3H3/t14-/m1/s1. The van der Waals surface area contributed by atoms with Crippen LogP contribution in [0.3, 0.4) is 0 Å².